The van der Waals surface area contributed by atoms with Gasteiger partial charge in [0.05, 0.1) is 16.6 Å². The smallest absolute Gasteiger partial charge is 0.227 e. The number of amides is 1. The summed E-state index contributed by atoms with van der Waals surface area (Å²) in [4.78, 5) is 19.9. The number of carbonyl (C=O) groups is 1. The lowest BCUT2D eigenvalue weighted by molar-refractivity contribution is -0.137. The summed E-state index contributed by atoms with van der Waals surface area (Å²) in [5.41, 5.74) is 2.37. The zero-order valence-electron chi connectivity index (χ0n) is 17.0. The van der Waals surface area contributed by atoms with E-state index in [0.717, 1.165) is 73.8 Å². The van der Waals surface area contributed by atoms with E-state index in [1.165, 1.54) is 5.56 Å². The predicted octanol–water partition coefficient (Wildman–Crippen LogP) is 5.24. The Morgan fingerprint density at radius 3 is 2.40 bits per heavy atom. The van der Waals surface area contributed by atoms with Gasteiger partial charge in [-0.1, -0.05) is 51.8 Å². The van der Waals surface area contributed by atoms with Crippen molar-refractivity contribution in [3.8, 4) is 0 Å². The van der Waals surface area contributed by atoms with E-state index < -0.39 is 0 Å². The number of carbonyl (C=O) groups excluding carboxylic acids is 1. The topological polar surface area (TPSA) is 26.8 Å². The first-order valence-electron chi connectivity index (χ1n) is 10.4. The molecular weight excluding hydrogens is 530 g/mol. The second-order valence-electron chi connectivity index (χ2n) is 7.96. The molecule has 7 heteroatoms. The molecule has 0 aliphatic carbocycles. The van der Waals surface area contributed by atoms with E-state index >= 15 is 0 Å². The molecule has 1 amide bonds. The second kappa shape index (κ2) is 11.0. The van der Waals surface area contributed by atoms with Gasteiger partial charge in [0.1, 0.15) is 0 Å². The summed E-state index contributed by atoms with van der Waals surface area (Å²) in [6.07, 6.45) is 2.09. The van der Waals surface area contributed by atoms with Gasteiger partial charge in [-0.3, -0.25) is 9.69 Å². The molecule has 1 atom stereocenters. The van der Waals surface area contributed by atoms with E-state index in [-0.39, 0.29) is 22.9 Å². The lowest BCUT2D eigenvalue weighted by atomic mass is 9.95. The number of likely N-dealkylation sites (tertiary alicyclic amines) is 1. The molecule has 2 heterocycles. The van der Waals surface area contributed by atoms with Crippen molar-refractivity contribution in [3.63, 3.8) is 0 Å². The fourth-order valence-corrected chi connectivity index (χ4v) is 4.90. The van der Waals surface area contributed by atoms with Crippen LogP contribution in [-0.2, 0) is 11.3 Å². The minimum Gasteiger partial charge on any atom is -0.367 e. The Bertz CT molecular complexity index is 841. The Balaban J connectivity index is 0.00000256. The summed E-state index contributed by atoms with van der Waals surface area (Å²) in [6.45, 7) is 6.06. The molecule has 2 aliphatic heterocycles. The van der Waals surface area contributed by atoms with E-state index in [2.05, 4.69) is 61.0 Å². The molecule has 0 bridgehead atoms. The van der Waals surface area contributed by atoms with Crippen molar-refractivity contribution in [2.45, 2.75) is 19.4 Å². The van der Waals surface area contributed by atoms with Gasteiger partial charge >= 0.3 is 0 Å². The molecule has 0 spiro atoms. The fourth-order valence-electron chi connectivity index (χ4n) is 4.38. The first kappa shape index (κ1) is 23.6. The molecule has 2 fully saturated rings. The van der Waals surface area contributed by atoms with Crippen LogP contribution in [0.4, 0.5) is 5.69 Å². The Hall–Kier alpha value is -1.08. The van der Waals surface area contributed by atoms with Gasteiger partial charge in [-0.25, -0.2) is 0 Å². The highest BCUT2D eigenvalue weighted by Crippen LogP contribution is 2.27. The van der Waals surface area contributed by atoms with Gasteiger partial charge in [-0.05, 0) is 49.2 Å². The summed E-state index contributed by atoms with van der Waals surface area (Å²) in [5.74, 6) is 0.440. The minimum atomic E-state index is 0. The van der Waals surface area contributed by atoms with Crippen LogP contribution in [-0.4, -0.2) is 55.0 Å². The molecule has 0 saturated carbocycles. The lowest BCUT2D eigenvalue weighted by Crippen LogP contribution is -2.52. The maximum absolute atomic E-state index is 13.2. The highest BCUT2D eigenvalue weighted by molar-refractivity contribution is 9.10. The Morgan fingerprint density at radius 2 is 1.70 bits per heavy atom. The number of nitrogens with zero attached hydrogens (tertiary/aromatic N) is 3. The molecule has 0 radical (unpaired) electrons. The number of para-hydroxylation sites is 1. The van der Waals surface area contributed by atoms with Gasteiger partial charge in [-0.15, -0.1) is 17.0 Å². The molecule has 2 aliphatic rings. The van der Waals surface area contributed by atoms with E-state index in [0.29, 0.717) is 5.91 Å². The predicted molar refractivity (Wildman–Crippen MR) is 133 cm³/mol. The molecule has 0 N–H and O–H groups in total. The Morgan fingerprint density at radius 1 is 1.00 bits per heavy atom. The summed E-state index contributed by atoms with van der Waals surface area (Å²) in [5, 5.41) is 0.781. The maximum atomic E-state index is 13.2. The number of anilines is 1. The van der Waals surface area contributed by atoms with Gasteiger partial charge in [0.2, 0.25) is 5.91 Å². The van der Waals surface area contributed by atoms with E-state index in [1.807, 2.05) is 18.2 Å². The van der Waals surface area contributed by atoms with Crippen molar-refractivity contribution in [2.75, 3.05) is 44.2 Å². The highest BCUT2D eigenvalue weighted by atomic mass is 79.9. The van der Waals surface area contributed by atoms with Crippen molar-refractivity contribution in [1.82, 2.24) is 9.80 Å². The second-order valence-corrected chi connectivity index (χ2v) is 9.29. The minimum absolute atomic E-state index is 0. The molecule has 30 heavy (non-hydrogen) atoms. The number of halogens is 3. The van der Waals surface area contributed by atoms with Crippen LogP contribution < -0.4 is 4.90 Å². The third-order valence-corrected chi connectivity index (χ3v) is 6.81. The van der Waals surface area contributed by atoms with Crippen LogP contribution in [0.25, 0.3) is 0 Å². The lowest BCUT2D eigenvalue weighted by Gasteiger charge is -2.40. The number of piperazine rings is 1. The van der Waals surface area contributed by atoms with Crippen LogP contribution in [0, 0.1) is 5.92 Å². The van der Waals surface area contributed by atoms with Crippen LogP contribution in [0.2, 0.25) is 5.02 Å². The quantitative estimate of drug-likeness (QED) is 0.515. The zero-order chi connectivity index (χ0) is 20.2. The number of benzene rings is 2. The zero-order valence-corrected chi connectivity index (χ0v) is 21.0. The van der Waals surface area contributed by atoms with Gasteiger partial charge < -0.3 is 9.80 Å². The van der Waals surface area contributed by atoms with Crippen molar-refractivity contribution in [1.29, 1.82) is 0 Å². The van der Waals surface area contributed by atoms with Crippen LogP contribution in [0.3, 0.4) is 0 Å². The average Bonchev–Trinajstić information content (AvgIpc) is 2.76. The Kier molecular flexibility index (Phi) is 8.63. The third-order valence-electron chi connectivity index (χ3n) is 5.96. The number of rotatable bonds is 4. The average molecular weight is 558 g/mol. The molecule has 0 aromatic heterocycles. The largest absolute Gasteiger partial charge is 0.367 e. The van der Waals surface area contributed by atoms with E-state index in [4.69, 9.17) is 11.6 Å². The summed E-state index contributed by atoms with van der Waals surface area (Å²) in [6, 6.07) is 16.4. The molecule has 2 aromatic rings. The van der Waals surface area contributed by atoms with Crippen molar-refractivity contribution in [3.05, 3.63) is 63.6 Å². The third kappa shape index (κ3) is 5.78. The maximum Gasteiger partial charge on any atom is 0.227 e. The molecule has 2 saturated heterocycles. The molecule has 1 unspecified atom stereocenters. The van der Waals surface area contributed by atoms with Crippen LogP contribution >= 0.6 is 44.5 Å². The SMILES string of the molecule is Br.O=C(C1CCCN(Cc2ccc(Br)cc2)C1)N1CCN(c2ccccc2Cl)CC1. The number of hydrogen-bond donors (Lipinski definition) is 0. The van der Waals surface area contributed by atoms with Crippen molar-refractivity contribution >= 4 is 56.1 Å². The van der Waals surface area contributed by atoms with Gasteiger partial charge in [0.15, 0.2) is 0 Å². The fraction of sp³-hybridized carbons (Fsp3) is 0.435. The normalized spacial score (nSPS) is 20.0. The van der Waals surface area contributed by atoms with Crippen molar-refractivity contribution in [2.24, 2.45) is 5.92 Å². The molecule has 4 rings (SSSR count). The first-order chi connectivity index (χ1) is 14.1. The Labute approximate surface area is 203 Å². The van der Waals surface area contributed by atoms with E-state index in [1.54, 1.807) is 0 Å². The first-order valence-corrected chi connectivity index (χ1v) is 11.5. The summed E-state index contributed by atoms with van der Waals surface area (Å²) >= 11 is 9.83. The standard InChI is InChI=1S/C23H27BrClN3O.BrH/c24-20-9-7-18(8-10-20)16-26-11-3-4-19(17-26)23(29)28-14-12-27(13-15-28)22-6-2-1-5-21(22)25;/h1-2,5-10,19H,3-4,11-17H2;1H. The number of piperidine rings is 1. The highest BCUT2D eigenvalue weighted by Gasteiger charge is 2.31. The monoisotopic (exact) mass is 555 g/mol. The number of hydrogen-bond acceptors (Lipinski definition) is 3. The molecule has 4 nitrogen and oxygen atoms in total. The van der Waals surface area contributed by atoms with Gasteiger partial charge in [0, 0.05) is 43.7 Å². The molecule has 162 valence electrons. The van der Waals surface area contributed by atoms with Crippen LogP contribution in [0.5, 0.6) is 0 Å². The molecule has 2 aromatic carbocycles. The van der Waals surface area contributed by atoms with Gasteiger partial charge in [0.25, 0.3) is 0 Å². The van der Waals surface area contributed by atoms with Crippen LogP contribution in [0.1, 0.15) is 18.4 Å². The summed E-state index contributed by atoms with van der Waals surface area (Å²) in [7, 11) is 0. The van der Waals surface area contributed by atoms with Crippen LogP contribution in [0.15, 0.2) is 53.0 Å². The van der Waals surface area contributed by atoms with Gasteiger partial charge in [-0.2, -0.15) is 0 Å². The summed E-state index contributed by atoms with van der Waals surface area (Å²) < 4.78 is 1.10. The van der Waals surface area contributed by atoms with E-state index in [9.17, 15) is 4.79 Å². The molecular formula is C23H28Br2ClN3O. The van der Waals surface area contributed by atoms with Crippen molar-refractivity contribution < 1.29 is 4.79 Å².